The third-order valence-electron chi connectivity index (χ3n) is 5.58. The lowest BCUT2D eigenvalue weighted by molar-refractivity contribution is 0.194. The van der Waals surface area contributed by atoms with E-state index < -0.39 is 17.9 Å². The van der Waals surface area contributed by atoms with E-state index in [1.807, 2.05) is 47.2 Å². The van der Waals surface area contributed by atoms with Crippen molar-refractivity contribution in [3.8, 4) is 5.69 Å². The van der Waals surface area contributed by atoms with Gasteiger partial charge < -0.3 is 14.8 Å². The third-order valence-corrected chi connectivity index (χ3v) is 6.08. The minimum atomic E-state index is -0.537. The molecule has 2 amide bonds. The van der Waals surface area contributed by atoms with Crippen molar-refractivity contribution in [2.24, 2.45) is 0 Å². The summed E-state index contributed by atoms with van der Waals surface area (Å²) in [5.41, 5.74) is 3.60. The Hall–Kier alpha value is -3.45. The van der Waals surface area contributed by atoms with Gasteiger partial charge in [0.25, 0.3) is 0 Å². The molecule has 1 aliphatic heterocycles. The number of nitrogens with zero attached hydrogens (tertiary/aromatic N) is 2. The van der Waals surface area contributed by atoms with Crippen molar-refractivity contribution in [3.05, 3.63) is 118 Å². The highest BCUT2D eigenvalue weighted by molar-refractivity contribution is 9.10. The molecular formula is C25H18BrF2N3O. The summed E-state index contributed by atoms with van der Waals surface area (Å²) < 4.78 is 30.7. The zero-order valence-corrected chi connectivity index (χ0v) is 18.4. The molecule has 0 aliphatic carbocycles. The number of aromatic nitrogens is 1. The zero-order valence-electron chi connectivity index (χ0n) is 16.8. The smallest absolute Gasteiger partial charge is 0.318 e. The quantitative estimate of drug-likeness (QED) is 0.333. The Morgan fingerprint density at radius 3 is 2.53 bits per heavy atom. The Labute approximate surface area is 192 Å². The second-order valence-electron chi connectivity index (χ2n) is 7.57. The van der Waals surface area contributed by atoms with Gasteiger partial charge in [0, 0.05) is 16.4 Å². The number of nitrogens with one attached hydrogen (secondary N) is 1. The van der Waals surface area contributed by atoms with Crippen molar-refractivity contribution in [1.82, 2.24) is 9.47 Å². The van der Waals surface area contributed by atoms with Crippen LogP contribution in [0.1, 0.15) is 22.9 Å². The van der Waals surface area contributed by atoms with Gasteiger partial charge in [-0.2, -0.15) is 0 Å². The Kier molecular flexibility index (Phi) is 5.27. The maximum Gasteiger partial charge on any atom is 0.323 e. The fourth-order valence-electron chi connectivity index (χ4n) is 4.11. The van der Waals surface area contributed by atoms with Gasteiger partial charge in [-0.15, -0.1) is 0 Å². The fourth-order valence-corrected chi connectivity index (χ4v) is 4.45. The van der Waals surface area contributed by atoms with E-state index in [9.17, 15) is 13.6 Å². The lowest BCUT2D eigenvalue weighted by Gasteiger charge is -2.31. The molecule has 1 atom stereocenters. The van der Waals surface area contributed by atoms with Crippen molar-refractivity contribution in [3.63, 3.8) is 0 Å². The molecule has 0 fully saturated rings. The van der Waals surface area contributed by atoms with Gasteiger partial charge in [0.05, 0.1) is 24.0 Å². The number of para-hydroxylation sites is 1. The van der Waals surface area contributed by atoms with Gasteiger partial charge in [0.1, 0.15) is 11.6 Å². The standard InChI is InChI=1S/C25H18BrF2N3O/c26-18-9-12-21(20(28)14-18)29-25(32)31-15-17-4-1-2-5-22(17)30-13-3-6-23(30)24(31)16-7-10-19(27)11-8-16/h1-14,24H,15H2,(H,29,32)/t24-/m1/s1. The van der Waals surface area contributed by atoms with Crippen LogP contribution in [0, 0.1) is 11.6 Å². The molecule has 2 heterocycles. The van der Waals surface area contributed by atoms with Gasteiger partial charge in [0.15, 0.2) is 0 Å². The van der Waals surface area contributed by atoms with Crippen LogP contribution in [0.4, 0.5) is 19.3 Å². The summed E-state index contributed by atoms with van der Waals surface area (Å²) in [5.74, 6) is -0.890. The van der Waals surface area contributed by atoms with Gasteiger partial charge in [-0.1, -0.05) is 46.3 Å². The van der Waals surface area contributed by atoms with Crippen LogP contribution in [-0.4, -0.2) is 15.5 Å². The number of amides is 2. The van der Waals surface area contributed by atoms with E-state index in [0.717, 1.165) is 22.5 Å². The molecule has 3 aromatic carbocycles. The summed E-state index contributed by atoms with van der Waals surface area (Å²) in [4.78, 5) is 15.1. The molecule has 5 rings (SSSR count). The predicted molar refractivity (Wildman–Crippen MR) is 123 cm³/mol. The summed E-state index contributed by atoms with van der Waals surface area (Å²) in [6.45, 7) is 0.296. The number of carbonyl (C=O) groups excluding carboxylic acids is 1. The van der Waals surface area contributed by atoms with Gasteiger partial charge in [-0.3, -0.25) is 0 Å². The number of carbonyl (C=O) groups is 1. The molecule has 1 aromatic heterocycles. The molecule has 1 N–H and O–H groups in total. The molecule has 1 aliphatic rings. The van der Waals surface area contributed by atoms with Gasteiger partial charge in [0.2, 0.25) is 0 Å². The molecule has 7 heteroatoms. The Morgan fingerprint density at radius 1 is 0.969 bits per heavy atom. The van der Waals surface area contributed by atoms with Gasteiger partial charge in [-0.25, -0.2) is 13.6 Å². The number of urea groups is 1. The zero-order chi connectivity index (χ0) is 22.2. The molecule has 0 bridgehead atoms. The SMILES string of the molecule is O=C(Nc1ccc(Br)cc1F)N1Cc2ccccc2-n2cccc2[C@H]1c1ccc(F)cc1. The molecular weight excluding hydrogens is 476 g/mol. The molecule has 0 unspecified atom stereocenters. The monoisotopic (exact) mass is 493 g/mol. The van der Waals surface area contributed by atoms with E-state index in [4.69, 9.17) is 0 Å². The van der Waals surface area contributed by atoms with Crippen LogP contribution < -0.4 is 5.32 Å². The van der Waals surface area contributed by atoms with E-state index in [0.29, 0.717) is 11.0 Å². The molecule has 0 saturated carbocycles. The summed E-state index contributed by atoms with van der Waals surface area (Å²) in [6.07, 6.45) is 1.94. The second-order valence-corrected chi connectivity index (χ2v) is 8.48. The van der Waals surface area contributed by atoms with E-state index >= 15 is 0 Å². The molecule has 0 radical (unpaired) electrons. The third kappa shape index (κ3) is 3.69. The molecule has 32 heavy (non-hydrogen) atoms. The number of fused-ring (bicyclic) bond motifs is 3. The van der Waals surface area contributed by atoms with Crippen LogP contribution in [0.15, 0.2) is 89.5 Å². The highest BCUT2D eigenvalue weighted by atomic mass is 79.9. The number of hydrogen-bond donors (Lipinski definition) is 1. The number of anilines is 1. The molecule has 160 valence electrons. The summed E-state index contributed by atoms with van der Waals surface area (Å²) in [5, 5.41) is 2.71. The van der Waals surface area contributed by atoms with Crippen molar-refractivity contribution in [1.29, 1.82) is 0 Å². The van der Waals surface area contributed by atoms with Crippen molar-refractivity contribution in [2.75, 3.05) is 5.32 Å². The van der Waals surface area contributed by atoms with Crippen molar-refractivity contribution < 1.29 is 13.6 Å². The Balaban J connectivity index is 1.62. The fraction of sp³-hybridized carbons (Fsp3) is 0.0800. The first-order valence-corrected chi connectivity index (χ1v) is 10.8. The van der Waals surface area contributed by atoms with Crippen LogP contribution >= 0.6 is 15.9 Å². The van der Waals surface area contributed by atoms with Crippen LogP contribution in [0.2, 0.25) is 0 Å². The first-order valence-electron chi connectivity index (χ1n) is 10.0. The second kappa shape index (κ2) is 8.24. The van der Waals surface area contributed by atoms with Crippen molar-refractivity contribution >= 4 is 27.6 Å². The number of benzene rings is 3. The Bertz CT molecular complexity index is 1300. The normalized spacial score (nSPS) is 15.0. The Morgan fingerprint density at radius 2 is 1.75 bits per heavy atom. The topological polar surface area (TPSA) is 37.3 Å². The molecule has 0 spiro atoms. The van der Waals surface area contributed by atoms with E-state index in [2.05, 4.69) is 21.2 Å². The average molecular weight is 494 g/mol. The van der Waals surface area contributed by atoms with Crippen LogP contribution in [0.25, 0.3) is 5.69 Å². The average Bonchev–Trinajstić information content (AvgIpc) is 3.21. The van der Waals surface area contributed by atoms with Gasteiger partial charge in [-0.05, 0) is 59.7 Å². The lowest BCUT2D eigenvalue weighted by atomic mass is 10.0. The highest BCUT2D eigenvalue weighted by Gasteiger charge is 2.33. The largest absolute Gasteiger partial charge is 0.323 e. The first kappa shape index (κ1) is 20.5. The summed E-state index contributed by atoms with van der Waals surface area (Å²) >= 11 is 3.23. The van der Waals surface area contributed by atoms with Crippen molar-refractivity contribution in [2.45, 2.75) is 12.6 Å². The summed E-state index contributed by atoms with van der Waals surface area (Å²) in [6, 6.07) is 21.3. The van der Waals surface area contributed by atoms with Crippen LogP contribution in [0.3, 0.4) is 0 Å². The summed E-state index contributed by atoms with van der Waals surface area (Å²) in [7, 11) is 0. The molecule has 4 aromatic rings. The minimum absolute atomic E-state index is 0.0870. The van der Waals surface area contributed by atoms with Crippen LogP contribution in [-0.2, 0) is 6.54 Å². The number of rotatable bonds is 2. The maximum atomic E-state index is 14.4. The predicted octanol–water partition coefficient (Wildman–Crippen LogP) is 6.66. The maximum absolute atomic E-state index is 14.4. The van der Waals surface area contributed by atoms with E-state index in [-0.39, 0.29) is 11.5 Å². The van der Waals surface area contributed by atoms with E-state index in [1.54, 1.807) is 23.1 Å². The van der Waals surface area contributed by atoms with Crippen LogP contribution in [0.5, 0.6) is 0 Å². The minimum Gasteiger partial charge on any atom is -0.318 e. The lowest BCUT2D eigenvalue weighted by Crippen LogP contribution is -2.38. The number of halogens is 3. The molecule has 0 saturated heterocycles. The van der Waals surface area contributed by atoms with Gasteiger partial charge >= 0.3 is 6.03 Å². The first-order chi connectivity index (χ1) is 15.5. The van der Waals surface area contributed by atoms with E-state index in [1.165, 1.54) is 24.3 Å². The molecule has 4 nitrogen and oxygen atoms in total. The highest BCUT2D eigenvalue weighted by Crippen LogP contribution is 2.37. The number of hydrogen-bond acceptors (Lipinski definition) is 1.